The molecule has 0 saturated carbocycles. The van der Waals surface area contributed by atoms with Crippen molar-refractivity contribution in [3.05, 3.63) is 41.3 Å². The van der Waals surface area contributed by atoms with Crippen LogP contribution in [0.4, 0.5) is 5.69 Å². The van der Waals surface area contributed by atoms with Crippen LogP contribution in [-0.4, -0.2) is 42.5 Å². The number of rotatable bonds is 3. The van der Waals surface area contributed by atoms with Crippen LogP contribution in [0.2, 0.25) is 0 Å². The van der Waals surface area contributed by atoms with Crippen molar-refractivity contribution >= 4 is 17.5 Å². The van der Waals surface area contributed by atoms with Crippen LogP contribution in [0.5, 0.6) is 0 Å². The molecule has 0 aliphatic carbocycles. The van der Waals surface area contributed by atoms with Crippen LogP contribution in [0.1, 0.15) is 38.7 Å². The second-order valence-corrected chi connectivity index (χ2v) is 7.11. The van der Waals surface area contributed by atoms with Crippen LogP contribution in [0, 0.1) is 0 Å². The SMILES string of the molecule is CCC[C@@H]1N(C(=O)C2=C(C)OCCO2)CC[C@]12C(=O)Nc1ccccc12. The van der Waals surface area contributed by atoms with E-state index in [0.717, 1.165) is 24.1 Å². The highest BCUT2D eigenvalue weighted by atomic mass is 16.6. The predicted octanol–water partition coefficient (Wildman–Crippen LogP) is 2.56. The Bertz CT molecular complexity index is 788. The average molecular weight is 356 g/mol. The molecule has 6 heteroatoms. The highest BCUT2D eigenvalue weighted by Crippen LogP contribution is 2.49. The van der Waals surface area contributed by atoms with Gasteiger partial charge in [0.1, 0.15) is 19.0 Å². The fourth-order valence-corrected chi connectivity index (χ4v) is 4.57. The maximum Gasteiger partial charge on any atom is 0.292 e. The van der Waals surface area contributed by atoms with Crippen molar-refractivity contribution in [2.75, 3.05) is 25.1 Å². The summed E-state index contributed by atoms with van der Waals surface area (Å²) < 4.78 is 11.1. The predicted molar refractivity (Wildman–Crippen MR) is 96.4 cm³/mol. The lowest BCUT2D eigenvalue weighted by Gasteiger charge is -2.34. The van der Waals surface area contributed by atoms with Gasteiger partial charge in [-0.05, 0) is 31.4 Å². The first-order valence-electron chi connectivity index (χ1n) is 9.28. The van der Waals surface area contributed by atoms with Crippen molar-refractivity contribution < 1.29 is 19.1 Å². The van der Waals surface area contributed by atoms with Crippen molar-refractivity contribution in [3.8, 4) is 0 Å². The number of allylic oxidation sites excluding steroid dienone is 1. The molecule has 0 aromatic heterocycles. The van der Waals surface area contributed by atoms with E-state index in [1.54, 1.807) is 6.92 Å². The van der Waals surface area contributed by atoms with E-state index in [4.69, 9.17) is 9.47 Å². The zero-order valence-corrected chi connectivity index (χ0v) is 15.2. The highest BCUT2D eigenvalue weighted by Gasteiger charge is 2.58. The second-order valence-electron chi connectivity index (χ2n) is 7.11. The van der Waals surface area contributed by atoms with Gasteiger partial charge in [0.25, 0.3) is 5.91 Å². The number of amides is 2. The van der Waals surface area contributed by atoms with Gasteiger partial charge in [0.2, 0.25) is 11.7 Å². The van der Waals surface area contributed by atoms with Crippen molar-refractivity contribution in [3.63, 3.8) is 0 Å². The van der Waals surface area contributed by atoms with Gasteiger partial charge < -0.3 is 19.7 Å². The summed E-state index contributed by atoms with van der Waals surface area (Å²) in [5, 5.41) is 3.02. The van der Waals surface area contributed by atoms with E-state index in [-0.39, 0.29) is 23.6 Å². The van der Waals surface area contributed by atoms with E-state index in [1.807, 2.05) is 29.2 Å². The summed E-state index contributed by atoms with van der Waals surface area (Å²) in [6.45, 7) is 5.20. The maximum atomic E-state index is 13.2. The number of para-hydroxylation sites is 1. The number of likely N-dealkylation sites (tertiary alicyclic amines) is 1. The first-order valence-corrected chi connectivity index (χ1v) is 9.28. The van der Waals surface area contributed by atoms with Gasteiger partial charge in [-0.25, -0.2) is 0 Å². The Morgan fingerprint density at radius 1 is 1.31 bits per heavy atom. The summed E-state index contributed by atoms with van der Waals surface area (Å²) in [5.74, 6) is 0.628. The lowest BCUT2D eigenvalue weighted by atomic mass is 9.73. The Morgan fingerprint density at radius 2 is 2.08 bits per heavy atom. The first-order chi connectivity index (χ1) is 12.6. The van der Waals surface area contributed by atoms with Crippen molar-refractivity contribution in [1.29, 1.82) is 0 Å². The fraction of sp³-hybridized carbons (Fsp3) is 0.500. The van der Waals surface area contributed by atoms with Crippen LogP contribution < -0.4 is 5.32 Å². The number of fused-ring (bicyclic) bond motifs is 2. The van der Waals surface area contributed by atoms with Gasteiger partial charge in [-0.1, -0.05) is 31.5 Å². The van der Waals surface area contributed by atoms with Crippen LogP contribution in [0.15, 0.2) is 35.8 Å². The molecule has 138 valence electrons. The number of nitrogens with zero attached hydrogens (tertiary/aromatic N) is 1. The highest BCUT2D eigenvalue weighted by molar-refractivity contribution is 6.08. The third kappa shape index (κ3) is 2.31. The van der Waals surface area contributed by atoms with E-state index < -0.39 is 5.41 Å². The molecule has 0 unspecified atom stereocenters. The summed E-state index contributed by atoms with van der Waals surface area (Å²) in [5.41, 5.74) is 1.19. The smallest absolute Gasteiger partial charge is 0.292 e. The number of carbonyl (C=O) groups is 2. The standard InChI is InChI=1S/C20H24N2O4/c1-3-6-16-20(14-7-4-5-8-15(14)21-19(20)24)9-10-22(16)18(23)17-13(2)25-11-12-26-17/h4-5,7-8,16H,3,6,9-12H2,1-2H3,(H,21,24)/t16-,20+/m0/s1. The molecule has 2 atom stereocenters. The largest absolute Gasteiger partial charge is 0.491 e. The molecule has 3 aliphatic rings. The van der Waals surface area contributed by atoms with Gasteiger partial charge in [-0.15, -0.1) is 0 Å². The van der Waals surface area contributed by atoms with Gasteiger partial charge >= 0.3 is 0 Å². The summed E-state index contributed by atoms with van der Waals surface area (Å²) in [4.78, 5) is 28.0. The van der Waals surface area contributed by atoms with Gasteiger partial charge in [-0.2, -0.15) is 0 Å². The Hall–Kier alpha value is -2.50. The molecule has 0 radical (unpaired) electrons. The van der Waals surface area contributed by atoms with Crippen molar-refractivity contribution in [2.24, 2.45) is 0 Å². The molecule has 3 aliphatic heterocycles. The van der Waals surface area contributed by atoms with E-state index in [9.17, 15) is 9.59 Å². The molecule has 2 amide bonds. The number of benzene rings is 1. The lowest BCUT2D eigenvalue weighted by Crippen LogP contribution is -2.49. The summed E-state index contributed by atoms with van der Waals surface area (Å²) in [6.07, 6.45) is 2.28. The number of hydrogen-bond acceptors (Lipinski definition) is 4. The number of nitrogens with one attached hydrogen (secondary N) is 1. The number of hydrogen-bond donors (Lipinski definition) is 1. The van der Waals surface area contributed by atoms with Gasteiger partial charge in [-0.3, -0.25) is 9.59 Å². The monoisotopic (exact) mass is 356 g/mol. The number of ether oxygens (including phenoxy) is 2. The summed E-state index contributed by atoms with van der Waals surface area (Å²) in [7, 11) is 0. The van der Waals surface area contributed by atoms with Crippen molar-refractivity contribution in [1.82, 2.24) is 4.90 Å². The number of carbonyl (C=O) groups excluding carboxylic acids is 2. The minimum absolute atomic E-state index is 0.000959. The van der Waals surface area contributed by atoms with Crippen LogP contribution in [0.3, 0.4) is 0 Å². The zero-order chi connectivity index (χ0) is 18.3. The second kappa shape index (κ2) is 6.34. The Balaban J connectivity index is 1.74. The first kappa shape index (κ1) is 16.9. The molecule has 26 heavy (non-hydrogen) atoms. The minimum atomic E-state index is -0.674. The molecule has 3 heterocycles. The molecule has 1 fully saturated rings. The molecule has 1 spiro atoms. The topological polar surface area (TPSA) is 67.9 Å². The molecule has 1 aromatic rings. The third-order valence-corrected chi connectivity index (χ3v) is 5.74. The Morgan fingerprint density at radius 3 is 2.85 bits per heavy atom. The Labute approximate surface area is 153 Å². The Kier molecular flexibility index (Phi) is 4.13. The molecule has 0 bridgehead atoms. The quantitative estimate of drug-likeness (QED) is 0.904. The minimum Gasteiger partial charge on any atom is -0.491 e. The summed E-state index contributed by atoms with van der Waals surface area (Å²) in [6, 6.07) is 7.63. The molecule has 1 aromatic carbocycles. The van der Waals surface area contributed by atoms with E-state index in [0.29, 0.717) is 31.9 Å². The molecule has 1 N–H and O–H groups in total. The van der Waals surface area contributed by atoms with E-state index in [1.165, 1.54) is 0 Å². The molecular weight excluding hydrogens is 332 g/mol. The van der Waals surface area contributed by atoms with Gasteiger partial charge in [0.05, 0.1) is 11.5 Å². The zero-order valence-electron chi connectivity index (χ0n) is 15.2. The third-order valence-electron chi connectivity index (χ3n) is 5.74. The van der Waals surface area contributed by atoms with Gasteiger partial charge in [0, 0.05) is 12.2 Å². The molecule has 6 nitrogen and oxygen atoms in total. The van der Waals surface area contributed by atoms with E-state index in [2.05, 4.69) is 12.2 Å². The van der Waals surface area contributed by atoms with E-state index >= 15 is 0 Å². The molecule has 4 rings (SSSR count). The van der Waals surface area contributed by atoms with Crippen LogP contribution in [0.25, 0.3) is 0 Å². The van der Waals surface area contributed by atoms with Crippen LogP contribution >= 0.6 is 0 Å². The van der Waals surface area contributed by atoms with Gasteiger partial charge in [0.15, 0.2) is 0 Å². The molecular formula is C20H24N2O4. The maximum absolute atomic E-state index is 13.2. The average Bonchev–Trinajstić information content (AvgIpc) is 3.15. The fourth-order valence-electron chi connectivity index (χ4n) is 4.57. The number of anilines is 1. The normalized spacial score (nSPS) is 27.2. The molecule has 1 saturated heterocycles. The van der Waals surface area contributed by atoms with Crippen molar-refractivity contribution in [2.45, 2.75) is 44.6 Å². The summed E-state index contributed by atoms with van der Waals surface area (Å²) >= 11 is 0. The lowest BCUT2D eigenvalue weighted by molar-refractivity contribution is -0.135. The van der Waals surface area contributed by atoms with Crippen LogP contribution in [-0.2, 0) is 24.5 Å².